The van der Waals surface area contributed by atoms with Crippen LogP contribution in [0.1, 0.15) is 248 Å². The molecule has 0 amide bonds. The van der Waals surface area contributed by atoms with Crippen molar-refractivity contribution >= 4 is 19.4 Å². The van der Waals surface area contributed by atoms with Gasteiger partial charge >= 0.3 is 17.5 Å². The number of halogens is 8. The highest BCUT2D eigenvalue weighted by Crippen LogP contribution is 2.64. The Hall–Kier alpha value is -0.845. The first-order valence-electron chi connectivity index (χ1n) is 26.7. The topological polar surface area (TPSA) is 0 Å². The van der Waals surface area contributed by atoms with E-state index in [1.807, 2.05) is 0 Å². The summed E-state index contributed by atoms with van der Waals surface area (Å²) in [5, 5.41) is -0.908. The molecule has 1 aromatic rings. The van der Waals surface area contributed by atoms with E-state index in [0.717, 1.165) is 12.1 Å². The minimum atomic E-state index is -5.68. The maximum absolute atomic E-state index is 15.1. The quantitative estimate of drug-likeness (QED) is 0.0266. The zero-order valence-corrected chi connectivity index (χ0v) is 42.9. The van der Waals surface area contributed by atoms with E-state index >= 15 is 8.78 Å². The van der Waals surface area contributed by atoms with Gasteiger partial charge in [-0.05, 0) is 30.9 Å². The third kappa shape index (κ3) is 25.8. The van der Waals surface area contributed by atoms with Crippen LogP contribution in [0.15, 0.2) is 18.2 Å². The highest BCUT2D eigenvalue weighted by atomic mass is 31.1. The Labute approximate surface area is 385 Å². The molecule has 1 rings (SSSR count). The van der Waals surface area contributed by atoms with Crippen LogP contribution in [-0.2, 0) is 0 Å². The lowest BCUT2D eigenvalue weighted by Crippen LogP contribution is -2.54. The Morgan fingerprint density at radius 2 is 0.825 bits per heavy atom. The van der Waals surface area contributed by atoms with Gasteiger partial charge < -0.3 is 0 Å². The number of rotatable bonds is 41. The van der Waals surface area contributed by atoms with E-state index in [9.17, 15) is 26.3 Å². The third-order valence-corrected chi connectivity index (χ3v) is 17.1. The number of alkyl halides is 6. The standard InChI is InChI=1S/C32H68B.C21H29F8P/c1-5-9-13-17-21-25-29-33(30-26-22-18-14-10-6-2,31-27-23-19-15-11-7-3)32-28-24-20-16-12-8-4;1-4-6-7-8-13-19(24,25)20(26,27)21(28,29)30(14-15(3)10-5-2)17-12-9-11-16(22)18(17)23/h5-32H2,1-4H3;9,11-12,15H,4-8,10,13-14H2,1-3H3/q-1;/p+1. The SMILES string of the molecule is CCCCCCC(F)(F)C(F)(F)C(F)(F)[PH+](CC(C)CCC)c1cccc(F)c1F.CCCCCCCC[B-](CCCCCCCC)(CCCCCCCC)CCCCCCCC. The highest BCUT2D eigenvalue weighted by molar-refractivity contribution is 7.66. The monoisotopic (exact) mass is 929 g/mol. The molecule has 0 saturated heterocycles. The van der Waals surface area contributed by atoms with Crippen LogP contribution in [0.5, 0.6) is 0 Å². The number of unbranched alkanes of at least 4 members (excludes halogenated alkanes) is 23. The summed E-state index contributed by atoms with van der Waals surface area (Å²) >= 11 is 0. The Kier molecular flexibility index (Phi) is 36.7. The predicted octanol–water partition coefficient (Wildman–Crippen LogP) is 21.0. The van der Waals surface area contributed by atoms with E-state index in [0.29, 0.717) is 31.7 Å². The maximum Gasteiger partial charge on any atom is 0.424 e. The minimum Gasteiger partial charge on any atom is -0.204 e. The first kappa shape index (κ1) is 62.2. The summed E-state index contributed by atoms with van der Waals surface area (Å²) in [5.41, 5.74) is -5.18. The summed E-state index contributed by atoms with van der Waals surface area (Å²) in [6.07, 6.45) is 41.7. The van der Waals surface area contributed by atoms with Crippen molar-refractivity contribution in [3.8, 4) is 0 Å². The van der Waals surface area contributed by atoms with Gasteiger partial charge in [0, 0.05) is 12.6 Å². The van der Waals surface area contributed by atoms with Crippen LogP contribution in [0.3, 0.4) is 0 Å². The Balaban J connectivity index is 0.00000122. The molecule has 0 radical (unpaired) electrons. The molecule has 0 N–H and O–H groups in total. The largest absolute Gasteiger partial charge is 0.424 e. The van der Waals surface area contributed by atoms with Crippen molar-refractivity contribution in [1.82, 2.24) is 0 Å². The van der Waals surface area contributed by atoms with Crippen LogP contribution < -0.4 is 5.30 Å². The molecule has 0 nitrogen and oxygen atoms in total. The molecule has 0 saturated carbocycles. The van der Waals surface area contributed by atoms with E-state index in [2.05, 4.69) is 27.7 Å². The van der Waals surface area contributed by atoms with Crippen molar-refractivity contribution in [3.05, 3.63) is 29.8 Å². The molecular formula is C53H98BF8P. The van der Waals surface area contributed by atoms with Crippen LogP contribution >= 0.6 is 7.92 Å². The Morgan fingerprint density at radius 1 is 0.476 bits per heavy atom. The lowest BCUT2D eigenvalue weighted by molar-refractivity contribution is -0.280. The van der Waals surface area contributed by atoms with Crippen molar-refractivity contribution in [2.24, 2.45) is 5.92 Å². The number of hydrogen-bond acceptors (Lipinski definition) is 0. The van der Waals surface area contributed by atoms with E-state index in [-0.39, 0.29) is 19.0 Å². The Bertz CT molecular complexity index is 1130. The van der Waals surface area contributed by atoms with Crippen molar-refractivity contribution in [2.75, 3.05) is 6.16 Å². The first-order chi connectivity index (χ1) is 30.1. The summed E-state index contributed by atoms with van der Waals surface area (Å²) < 4.78 is 116. The molecule has 63 heavy (non-hydrogen) atoms. The predicted molar refractivity (Wildman–Crippen MR) is 265 cm³/mol. The molecule has 0 aliphatic carbocycles. The van der Waals surface area contributed by atoms with E-state index in [1.165, 1.54) is 161 Å². The van der Waals surface area contributed by atoms with Gasteiger partial charge in [-0.2, -0.15) is 56.0 Å². The zero-order valence-electron chi connectivity index (χ0n) is 41.9. The summed E-state index contributed by atoms with van der Waals surface area (Å²) in [6, 6.07) is 2.40. The molecular weight excluding hydrogens is 830 g/mol. The van der Waals surface area contributed by atoms with Gasteiger partial charge in [-0.15, -0.1) is 0 Å². The molecule has 0 spiro atoms. The lowest BCUT2D eigenvalue weighted by Gasteiger charge is -2.41. The molecule has 0 fully saturated rings. The first-order valence-corrected chi connectivity index (χ1v) is 28.4. The van der Waals surface area contributed by atoms with E-state index in [1.54, 1.807) is 39.1 Å². The molecule has 2 atom stereocenters. The molecule has 0 bridgehead atoms. The summed E-state index contributed by atoms with van der Waals surface area (Å²) in [5.74, 6) is -14.3. The fraction of sp³-hybridized carbons (Fsp3) is 0.887. The second-order valence-electron chi connectivity index (χ2n) is 19.8. The number of hydrogen-bond donors (Lipinski definition) is 0. The molecule has 2 unspecified atom stereocenters. The van der Waals surface area contributed by atoms with E-state index in [4.69, 9.17) is 0 Å². The molecule has 0 heterocycles. The van der Waals surface area contributed by atoms with Crippen LogP contribution in [0.2, 0.25) is 25.3 Å². The van der Waals surface area contributed by atoms with Gasteiger partial charge in [0.15, 0.2) is 5.82 Å². The van der Waals surface area contributed by atoms with Crippen LogP contribution in [0.4, 0.5) is 35.1 Å². The Morgan fingerprint density at radius 3 is 1.19 bits per heavy atom. The normalized spacial score (nSPS) is 13.6. The maximum atomic E-state index is 15.1. The smallest absolute Gasteiger partial charge is 0.204 e. The van der Waals surface area contributed by atoms with Gasteiger partial charge in [-0.1, -0.05) is 234 Å². The molecule has 0 aliphatic rings. The van der Waals surface area contributed by atoms with Gasteiger partial charge in [-0.25, -0.2) is 4.39 Å². The van der Waals surface area contributed by atoms with Crippen LogP contribution in [0, 0.1) is 17.6 Å². The third-order valence-electron chi connectivity index (χ3n) is 13.9. The molecule has 1 aromatic carbocycles. The fourth-order valence-corrected chi connectivity index (χ4v) is 12.7. The zero-order chi connectivity index (χ0) is 47.5. The van der Waals surface area contributed by atoms with Crippen LogP contribution in [0.25, 0.3) is 0 Å². The number of benzene rings is 1. The second kappa shape index (κ2) is 37.2. The van der Waals surface area contributed by atoms with Gasteiger partial charge in [0.25, 0.3) is 0 Å². The summed E-state index contributed by atoms with van der Waals surface area (Å²) in [4.78, 5) is 0. The van der Waals surface area contributed by atoms with Gasteiger partial charge in [-0.3, -0.25) is 0 Å². The molecule has 374 valence electrons. The summed E-state index contributed by atoms with van der Waals surface area (Å²) in [7, 11) is -3.92. The molecule has 10 heteroatoms. The van der Waals surface area contributed by atoms with Gasteiger partial charge in [0.1, 0.15) is 13.2 Å². The van der Waals surface area contributed by atoms with Crippen molar-refractivity contribution in [2.45, 2.75) is 290 Å². The second-order valence-corrected chi connectivity index (χ2v) is 22.3. The van der Waals surface area contributed by atoms with E-state index < -0.39 is 60.9 Å². The van der Waals surface area contributed by atoms with Crippen molar-refractivity contribution in [3.63, 3.8) is 0 Å². The van der Waals surface area contributed by atoms with Crippen molar-refractivity contribution in [1.29, 1.82) is 0 Å². The molecule has 0 aliphatic heterocycles. The van der Waals surface area contributed by atoms with Gasteiger partial charge in [0.05, 0.1) is 6.16 Å². The fourth-order valence-electron chi connectivity index (χ4n) is 9.73. The van der Waals surface area contributed by atoms with Gasteiger partial charge in [0.2, 0.25) is 5.82 Å². The highest BCUT2D eigenvalue weighted by Gasteiger charge is 2.78. The average molecular weight is 929 g/mol. The summed E-state index contributed by atoms with van der Waals surface area (Å²) in [6.45, 7) is 14.4. The average Bonchev–Trinajstić information content (AvgIpc) is 3.25. The lowest BCUT2D eigenvalue weighted by atomic mass is 9.17. The minimum absolute atomic E-state index is 0.104. The molecule has 0 aromatic heterocycles. The van der Waals surface area contributed by atoms with Crippen molar-refractivity contribution < 1.29 is 35.1 Å². The van der Waals surface area contributed by atoms with Crippen LogP contribution in [-0.4, -0.2) is 29.8 Å².